The van der Waals surface area contributed by atoms with Crippen LogP contribution in [0.1, 0.15) is 12.0 Å². The van der Waals surface area contributed by atoms with E-state index in [9.17, 15) is 18.0 Å². The van der Waals surface area contributed by atoms with Gasteiger partial charge in [-0.15, -0.1) is 0 Å². The van der Waals surface area contributed by atoms with Crippen LogP contribution in [-0.2, 0) is 10.2 Å². The van der Waals surface area contributed by atoms with Crippen molar-refractivity contribution in [3.05, 3.63) is 35.9 Å². The fourth-order valence-electron chi connectivity index (χ4n) is 2.07. The Kier molecular flexibility index (Phi) is 2.22. The van der Waals surface area contributed by atoms with E-state index in [-0.39, 0.29) is 12.0 Å². The van der Waals surface area contributed by atoms with Crippen molar-refractivity contribution in [2.75, 3.05) is 0 Å². The third-order valence-electron chi connectivity index (χ3n) is 3.03. The van der Waals surface area contributed by atoms with E-state index < -0.39 is 23.5 Å². The van der Waals surface area contributed by atoms with Crippen molar-refractivity contribution in [1.82, 2.24) is 0 Å². The molecule has 2 unspecified atom stereocenters. The summed E-state index contributed by atoms with van der Waals surface area (Å²) in [6.07, 6.45) is -4.82. The lowest BCUT2D eigenvalue weighted by Crippen LogP contribution is -2.28. The molecule has 1 aliphatic carbocycles. The first-order valence-corrected chi connectivity index (χ1v) is 4.74. The number of carboxylic acid groups (broad SMARTS) is 1. The molecule has 2 rings (SSSR count). The minimum absolute atomic E-state index is 0.227. The van der Waals surface area contributed by atoms with Gasteiger partial charge in [0.05, 0.1) is 5.92 Å². The van der Waals surface area contributed by atoms with Gasteiger partial charge in [-0.3, -0.25) is 4.79 Å². The summed E-state index contributed by atoms with van der Waals surface area (Å²) in [6, 6.07) is 7.60. The van der Waals surface area contributed by atoms with Crippen LogP contribution >= 0.6 is 0 Å². The van der Waals surface area contributed by atoms with Gasteiger partial charge in [0.15, 0.2) is 0 Å². The van der Waals surface area contributed by atoms with Crippen LogP contribution in [0.4, 0.5) is 13.2 Å². The van der Waals surface area contributed by atoms with Gasteiger partial charge in [-0.2, -0.15) is 13.2 Å². The Bertz CT molecular complexity index is 413. The average molecular weight is 230 g/mol. The van der Waals surface area contributed by atoms with E-state index in [4.69, 9.17) is 5.11 Å². The van der Waals surface area contributed by atoms with Crippen LogP contribution in [0.25, 0.3) is 0 Å². The predicted molar refractivity (Wildman–Crippen MR) is 49.9 cm³/mol. The highest BCUT2D eigenvalue weighted by Crippen LogP contribution is 2.61. The molecule has 86 valence electrons. The van der Waals surface area contributed by atoms with Gasteiger partial charge in [0, 0.05) is 0 Å². The van der Waals surface area contributed by atoms with Crippen molar-refractivity contribution in [2.24, 2.45) is 5.92 Å². The van der Waals surface area contributed by atoms with Crippen LogP contribution in [0.5, 0.6) is 0 Å². The van der Waals surface area contributed by atoms with E-state index in [0.29, 0.717) is 0 Å². The van der Waals surface area contributed by atoms with Gasteiger partial charge in [0.25, 0.3) is 0 Å². The Morgan fingerprint density at radius 1 is 1.31 bits per heavy atom. The number of rotatable bonds is 2. The molecule has 1 N–H and O–H groups in total. The van der Waals surface area contributed by atoms with Crippen molar-refractivity contribution in [1.29, 1.82) is 0 Å². The number of aliphatic carboxylic acids is 1. The molecule has 1 aromatic carbocycles. The SMILES string of the molecule is O=C(O)C1(c2ccccc2)CC1C(F)(F)F. The summed E-state index contributed by atoms with van der Waals surface area (Å²) < 4.78 is 37.6. The molecule has 0 aromatic heterocycles. The summed E-state index contributed by atoms with van der Waals surface area (Å²) in [5.74, 6) is -3.17. The van der Waals surface area contributed by atoms with Gasteiger partial charge < -0.3 is 5.11 Å². The van der Waals surface area contributed by atoms with Crippen molar-refractivity contribution in [3.8, 4) is 0 Å². The molecule has 0 heterocycles. The number of hydrogen-bond donors (Lipinski definition) is 1. The van der Waals surface area contributed by atoms with Gasteiger partial charge >= 0.3 is 12.1 Å². The van der Waals surface area contributed by atoms with Crippen LogP contribution in [-0.4, -0.2) is 17.3 Å². The van der Waals surface area contributed by atoms with Gasteiger partial charge in [0.1, 0.15) is 5.41 Å². The standard InChI is InChI=1S/C11H9F3O2/c12-11(13,14)8-6-10(8,9(15)16)7-4-2-1-3-5-7/h1-5,8H,6H2,(H,15,16). The Morgan fingerprint density at radius 3 is 2.25 bits per heavy atom. The van der Waals surface area contributed by atoms with E-state index in [1.54, 1.807) is 18.2 Å². The first kappa shape index (κ1) is 11.0. The molecular formula is C11H9F3O2. The number of hydrogen-bond acceptors (Lipinski definition) is 1. The summed E-state index contributed by atoms with van der Waals surface area (Å²) in [6.45, 7) is 0. The molecule has 1 aromatic rings. The zero-order valence-corrected chi connectivity index (χ0v) is 8.16. The van der Waals surface area contributed by atoms with Crippen LogP contribution in [0.2, 0.25) is 0 Å². The molecule has 1 aliphatic rings. The quantitative estimate of drug-likeness (QED) is 0.847. The monoisotopic (exact) mass is 230 g/mol. The summed E-state index contributed by atoms with van der Waals surface area (Å²) in [7, 11) is 0. The zero-order chi connectivity index (χ0) is 12.0. The summed E-state index contributed by atoms with van der Waals surface area (Å²) in [4.78, 5) is 11.0. The van der Waals surface area contributed by atoms with Crippen molar-refractivity contribution in [2.45, 2.75) is 18.0 Å². The maximum absolute atomic E-state index is 12.5. The first-order valence-electron chi connectivity index (χ1n) is 4.74. The Morgan fingerprint density at radius 2 is 1.88 bits per heavy atom. The lowest BCUT2D eigenvalue weighted by Gasteiger charge is -2.14. The van der Waals surface area contributed by atoms with Gasteiger partial charge in [-0.05, 0) is 12.0 Å². The fourth-order valence-corrected chi connectivity index (χ4v) is 2.07. The maximum Gasteiger partial charge on any atom is 0.393 e. The zero-order valence-electron chi connectivity index (χ0n) is 8.16. The van der Waals surface area contributed by atoms with Crippen LogP contribution < -0.4 is 0 Å². The van der Waals surface area contributed by atoms with Crippen LogP contribution in [0.3, 0.4) is 0 Å². The molecule has 5 heteroatoms. The lowest BCUT2D eigenvalue weighted by atomic mass is 9.93. The van der Waals surface area contributed by atoms with Crippen molar-refractivity contribution >= 4 is 5.97 Å². The first-order chi connectivity index (χ1) is 7.39. The smallest absolute Gasteiger partial charge is 0.393 e. The van der Waals surface area contributed by atoms with Gasteiger partial charge in [-0.25, -0.2) is 0 Å². The second-order valence-corrected chi connectivity index (χ2v) is 3.94. The molecular weight excluding hydrogens is 221 g/mol. The van der Waals surface area contributed by atoms with E-state index in [1.165, 1.54) is 12.1 Å². The topological polar surface area (TPSA) is 37.3 Å². The van der Waals surface area contributed by atoms with E-state index >= 15 is 0 Å². The highest BCUT2D eigenvalue weighted by Gasteiger charge is 2.71. The summed E-state index contributed by atoms with van der Waals surface area (Å²) in [5, 5.41) is 8.99. The molecule has 0 amide bonds. The van der Waals surface area contributed by atoms with Crippen LogP contribution in [0.15, 0.2) is 30.3 Å². The van der Waals surface area contributed by atoms with Gasteiger partial charge in [0.2, 0.25) is 0 Å². The molecule has 2 atom stereocenters. The molecule has 0 spiro atoms. The third-order valence-corrected chi connectivity index (χ3v) is 3.03. The Hall–Kier alpha value is -1.52. The second kappa shape index (κ2) is 3.23. The normalized spacial score (nSPS) is 28.8. The van der Waals surface area contributed by atoms with E-state index in [2.05, 4.69) is 0 Å². The molecule has 2 nitrogen and oxygen atoms in total. The fraction of sp³-hybridized carbons (Fsp3) is 0.364. The largest absolute Gasteiger partial charge is 0.481 e. The van der Waals surface area contributed by atoms with Crippen LogP contribution in [0, 0.1) is 5.92 Å². The molecule has 0 saturated heterocycles. The molecule has 1 fully saturated rings. The predicted octanol–water partition coefficient (Wildman–Crippen LogP) is 2.59. The number of benzene rings is 1. The van der Waals surface area contributed by atoms with E-state index in [1.807, 2.05) is 0 Å². The summed E-state index contributed by atoms with van der Waals surface area (Å²) >= 11 is 0. The number of alkyl halides is 3. The highest BCUT2D eigenvalue weighted by molar-refractivity contribution is 5.86. The molecule has 16 heavy (non-hydrogen) atoms. The number of carbonyl (C=O) groups is 1. The molecule has 1 saturated carbocycles. The minimum Gasteiger partial charge on any atom is -0.481 e. The Labute approximate surface area is 89.7 Å². The Balaban J connectivity index is 2.39. The minimum atomic E-state index is -4.45. The number of carboxylic acids is 1. The highest BCUT2D eigenvalue weighted by atomic mass is 19.4. The van der Waals surface area contributed by atoms with Crippen molar-refractivity contribution in [3.63, 3.8) is 0 Å². The number of halogens is 3. The second-order valence-electron chi connectivity index (χ2n) is 3.94. The van der Waals surface area contributed by atoms with Crippen molar-refractivity contribution < 1.29 is 23.1 Å². The van der Waals surface area contributed by atoms with E-state index in [0.717, 1.165) is 0 Å². The molecule has 0 aliphatic heterocycles. The average Bonchev–Trinajstić information content (AvgIpc) is 2.94. The third kappa shape index (κ3) is 1.47. The molecule has 0 bridgehead atoms. The maximum atomic E-state index is 12.5. The van der Waals surface area contributed by atoms with Gasteiger partial charge in [-0.1, -0.05) is 30.3 Å². The molecule has 0 radical (unpaired) electrons. The summed E-state index contributed by atoms with van der Waals surface area (Å²) in [5.41, 5.74) is -1.54. The lowest BCUT2D eigenvalue weighted by molar-refractivity contribution is -0.162.